The van der Waals surface area contributed by atoms with Gasteiger partial charge in [0.2, 0.25) is 0 Å². The minimum Gasteiger partial charge on any atom is -0.363 e. The molecule has 2 heterocycles. The summed E-state index contributed by atoms with van der Waals surface area (Å²) in [5, 5.41) is 3.86. The van der Waals surface area contributed by atoms with Gasteiger partial charge in [-0.15, -0.1) is 0 Å². The molecule has 0 unspecified atom stereocenters. The third-order valence-electron chi connectivity index (χ3n) is 2.60. The molecule has 0 atom stereocenters. The predicted molar refractivity (Wildman–Crippen MR) is 77.9 cm³/mol. The van der Waals surface area contributed by atoms with E-state index in [9.17, 15) is 0 Å². The minimum absolute atomic E-state index is 0.611. The fraction of sp³-hybridized carbons (Fsp3) is 0.231. The number of aryl methyl sites for hydroxylation is 1. The molecule has 0 bridgehead atoms. The Kier molecular flexibility index (Phi) is 4.55. The predicted octanol–water partition coefficient (Wildman–Crippen LogP) is 4.07. The summed E-state index contributed by atoms with van der Waals surface area (Å²) >= 11 is 9.28. The molecule has 0 aromatic carbocycles. The van der Waals surface area contributed by atoms with Crippen LogP contribution in [0.5, 0.6) is 0 Å². The SMILES string of the molecule is CCc1cccnc1CNc1ncc(Cl)cc1Br. The van der Waals surface area contributed by atoms with Gasteiger partial charge in [-0.2, -0.15) is 0 Å². The average molecular weight is 327 g/mol. The van der Waals surface area contributed by atoms with Crippen LogP contribution in [-0.4, -0.2) is 9.97 Å². The molecule has 0 saturated heterocycles. The van der Waals surface area contributed by atoms with E-state index >= 15 is 0 Å². The zero-order valence-corrected chi connectivity index (χ0v) is 12.3. The third-order valence-corrected chi connectivity index (χ3v) is 3.41. The summed E-state index contributed by atoms with van der Waals surface area (Å²) in [5.41, 5.74) is 2.29. The van der Waals surface area contributed by atoms with Crippen molar-refractivity contribution >= 4 is 33.3 Å². The Morgan fingerprint density at radius 1 is 1.39 bits per heavy atom. The largest absolute Gasteiger partial charge is 0.363 e. The second kappa shape index (κ2) is 6.16. The molecule has 0 spiro atoms. The molecule has 94 valence electrons. The zero-order chi connectivity index (χ0) is 13.0. The quantitative estimate of drug-likeness (QED) is 0.920. The van der Waals surface area contributed by atoms with Gasteiger partial charge >= 0.3 is 0 Å². The maximum absolute atomic E-state index is 5.85. The van der Waals surface area contributed by atoms with E-state index in [-0.39, 0.29) is 0 Å². The number of nitrogens with one attached hydrogen (secondary N) is 1. The van der Waals surface area contributed by atoms with Gasteiger partial charge in [-0.25, -0.2) is 4.98 Å². The smallest absolute Gasteiger partial charge is 0.140 e. The zero-order valence-electron chi connectivity index (χ0n) is 9.95. The van der Waals surface area contributed by atoms with E-state index in [0.29, 0.717) is 11.6 Å². The molecular weight excluding hydrogens is 314 g/mol. The Balaban J connectivity index is 2.11. The lowest BCUT2D eigenvalue weighted by atomic mass is 10.1. The van der Waals surface area contributed by atoms with Crippen molar-refractivity contribution < 1.29 is 0 Å². The molecule has 0 aliphatic rings. The van der Waals surface area contributed by atoms with Crippen LogP contribution in [0.1, 0.15) is 18.2 Å². The highest BCUT2D eigenvalue weighted by molar-refractivity contribution is 9.10. The molecule has 0 fully saturated rings. The van der Waals surface area contributed by atoms with Crippen LogP contribution < -0.4 is 5.32 Å². The Bertz CT molecular complexity index is 546. The topological polar surface area (TPSA) is 37.8 Å². The van der Waals surface area contributed by atoms with Crippen molar-refractivity contribution in [2.45, 2.75) is 19.9 Å². The Morgan fingerprint density at radius 2 is 2.22 bits per heavy atom. The van der Waals surface area contributed by atoms with E-state index in [1.54, 1.807) is 12.4 Å². The highest BCUT2D eigenvalue weighted by Gasteiger charge is 2.05. The molecule has 0 aliphatic carbocycles. The van der Waals surface area contributed by atoms with Gasteiger partial charge in [0, 0.05) is 12.4 Å². The Hall–Kier alpha value is -1.13. The van der Waals surface area contributed by atoms with Crippen LogP contribution in [0.15, 0.2) is 35.1 Å². The first-order chi connectivity index (χ1) is 8.70. The molecule has 2 rings (SSSR count). The monoisotopic (exact) mass is 325 g/mol. The van der Waals surface area contributed by atoms with Crippen molar-refractivity contribution in [3.05, 3.63) is 51.3 Å². The molecule has 0 amide bonds. The summed E-state index contributed by atoms with van der Waals surface area (Å²) in [6.45, 7) is 2.77. The first-order valence-electron chi connectivity index (χ1n) is 5.68. The molecule has 2 aromatic heterocycles. The van der Waals surface area contributed by atoms with Crippen molar-refractivity contribution in [2.75, 3.05) is 5.32 Å². The molecule has 1 N–H and O–H groups in total. The van der Waals surface area contributed by atoms with Gasteiger partial charge in [0.25, 0.3) is 0 Å². The number of hydrogen-bond donors (Lipinski definition) is 1. The molecule has 5 heteroatoms. The van der Waals surface area contributed by atoms with Crippen molar-refractivity contribution in [1.82, 2.24) is 9.97 Å². The van der Waals surface area contributed by atoms with Crippen LogP contribution in [0.25, 0.3) is 0 Å². The van der Waals surface area contributed by atoms with E-state index in [0.717, 1.165) is 22.4 Å². The fourth-order valence-corrected chi connectivity index (χ4v) is 2.44. The molecule has 18 heavy (non-hydrogen) atoms. The minimum atomic E-state index is 0.611. The van der Waals surface area contributed by atoms with Gasteiger partial charge in [0.15, 0.2) is 0 Å². The van der Waals surface area contributed by atoms with Gasteiger partial charge in [-0.3, -0.25) is 4.98 Å². The summed E-state index contributed by atoms with van der Waals surface area (Å²) in [5.74, 6) is 0.770. The lowest BCUT2D eigenvalue weighted by molar-refractivity contribution is 0.963. The van der Waals surface area contributed by atoms with Crippen molar-refractivity contribution in [2.24, 2.45) is 0 Å². The van der Waals surface area contributed by atoms with Gasteiger partial charge in [0.05, 0.1) is 21.7 Å². The molecule has 0 aliphatic heterocycles. The molecule has 0 saturated carbocycles. The number of nitrogens with zero attached hydrogens (tertiary/aromatic N) is 2. The summed E-state index contributed by atoms with van der Waals surface area (Å²) in [4.78, 5) is 8.61. The number of pyridine rings is 2. The third kappa shape index (κ3) is 3.21. The van der Waals surface area contributed by atoms with Crippen molar-refractivity contribution in [1.29, 1.82) is 0 Å². The number of aromatic nitrogens is 2. The maximum atomic E-state index is 5.85. The average Bonchev–Trinajstić information content (AvgIpc) is 2.38. The highest BCUT2D eigenvalue weighted by Crippen LogP contribution is 2.23. The van der Waals surface area contributed by atoms with Gasteiger partial charge in [0.1, 0.15) is 5.82 Å². The van der Waals surface area contributed by atoms with Crippen LogP contribution in [0.3, 0.4) is 0 Å². The van der Waals surface area contributed by atoms with E-state index in [1.165, 1.54) is 5.56 Å². The molecule has 0 radical (unpaired) electrons. The van der Waals surface area contributed by atoms with Crippen molar-refractivity contribution in [3.8, 4) is 0 Å². The molecule has 3 nitrogen and oxygen atoms in total. The van der Waals surface area contributed by atoms with Crippen LogP contribution in [0.2, 0.25) is 5.02 Å². The first kappa shape index (κ1) is 13.3. The van der Waals surface area contributed by atoms with Crippen molar-refractivity contribution in [3.63, 3.8) is 0 Å². The lowest BCUT2D eigenvalue weighted by Gasteiger charge is -2.09. The van der Waals surface area contributed by atoms with Gasteiger partial charge in [-0.05, 0) is 40.0 Å². The maximum Gasteiger partial charge on any atom is 0.140 e. The first-order valence-corrected chi connectivity index (χ1v) is 6.85. The summed E-state index contributed by atoms with van der Waals surface area (Å²) < 4.78 is 0.851. The van der Waals surface area contributed by atoms with E-state index in [1.807, 2.05) is 12.1 Å². The molecule has 2 aromatic rings. The van der Waals surface area contributed by atoms with E-state index in [2.05, 4.69) is 44.2 Å². The summed E-state index contributed by atoms with van der Waals surface area (Å²) in [6, 6.07) is 5.86. The molecular formula is C13H13BrClN3. The number of halogens is 2. The summed E-state index contributed by atoms with van der Waals surface area (Å²) in [6.07, 6.45) is 4.40. The second-order valence-electron chi connectivity index (χ2n) is 3.80. The standard InChI is InChI=1S/C13H13BrClN3/c1-2-9-4-3-5-16-12(9)8-18-13-11(14)6-10(15)7-17-13/h3-7H,2,8H2,1H3,(H,17,18). The summed E-state index contributed by atoms with van der Waals surface area (Å²) in [7, 11) is 0. The van der Waals surface area contributed by atoms with Gasteiger partial charge in [-0.1, -0.05) is 24.6 Å². The van der Waals surface area contributed by atoms with E-state index in [4.69, 9.17) is 11.6 Å². The lowest BCUT2D eigenvalue weighted by Crippen LogP contribution is -2.06. The van der Waals surface area contributed by atoms with Crippen LogP contribution in [0, 0.1) is 0 Å². The second-order valence-corrected chi connectivity index (χ2v) is 5.09. The Morgan fingerprint density at radius 3 is 2.94 bits per heavy atom. The van der Waals surface area contributed by atoms with Crippen LogP contribution in [0.4, 0.5) is 5.82 Å². The number of hydrogen-bond acceptors (Lipinski definition) is 3. The van der Waals surface area contributed by atoms with Gasteiger partial charge < -0.3 is 5.32 Å². The normalized spacial score (nSPS) is 10.4. The highest BCUT2D eigenvalue weighted by atomic mass is 79.9. The van der Waals surface area contributed by atoms with Crippen LogP contribution in [-0.2, 0) is 13.0 Å². The fourth-order valence-electron chi connectivity index (χ4n) is 1.66. The number of anilines is 1. The number of rotatable bonds is 4. The Labute approximate surface area is 120 Å². The van der Waals surface area contributed by atoms with Crippen LogP contribution >= 0.6 is 27.5 Å². The van der Waals surface area contributed by atoms with E-state index < -0.39 is 0 Å².